The zero-order valence-electron chi connectivity index (χ0n) is 12.7. The van der Waals surface area contributed by atoms with Crippen molar-refractivity contribution in [2.75, 3.05) is 14.2 Å². The second kappa shape index (κ2) is 5.95. The van der Waals surface area contributed by atoms with Gasteiger partial charge < -0.3 is 19.7 Å². The lowest BCUT2D eigenvalue weighted by atomic mass is 9.99. The van der Waals surface area contributed by atoms with E-state index in [9.17, 15) is 10.2 Å². The van der Waals surface area contributed by atoms with Gasteiger partial charge in [-0.15, -0.1) is 0 Å². The van der Waals surface area contributed by atoms with Crippen LogP contribution in [0, 0.1) is 13.8 Å². The largest absolute Gasteiger partial charge is 0.508 e. The van der Waals surface area contributed by atoms with Crippen LogP contribution in [0.4, 0.5) is 0 Å². The molecule has 0 fully saturated rings. The highest BCUT2D eigenvalue weighted by Crippen LogP contribution is 2.33. The molecule has 0 amide bonds. The number of phenols is 2. The van der Waals surface area contributed by atoms with Crippen LogP contribution in [0.5, 0.6) is 23.0 Å². The molecular weight excluding hydrogens is 268 g/mol. The number of hydrogen-bond donors (Lipinski definition) is 2. The molecule has 0 atom stereocenters. The average molecular weight is 288 g/mol. The van der Waals surface area contributed by atoms with Crippen LogP contribution in [0.2, 0.25) is 0 Å². The molecule has 0 aliphatic heterocycles. The van der Waals surface area contributed by atoms with Gasteiger partial charge in [-0.3, -0.25) is 0 Å². The first kappa shape index (κ1) is 15.0. The summed E-state index contributed by atoms with van der Waals surface area (Å²) in [5.41, 5.74) is 3.12. The SMILES string of the molecule is COc1cc(Cc2cc(OC)c(C)cc2O)c(O)cc1C. The van der Waals surface area contributed by atoms with Gasteiger partial charge in [0.15, 0.2) is 0 Å². The van der Waals surface area contributed by atoms with Gasteiger partial charge >= 0.3 is 0 Å². The third-order valence-electron chi connectivity index (χ3n) is 3.57. The van der Waals surface area contributed by atoms with Crippen molar-refractivity contribution in [1.82, 2.24) is 0 Å². The van der Waals surface area contributed by atoms with Crippen LogP contribution in [0.3, 0.4) is 0 Å². The maximum Gasteiger partial charge on any atom is 0.122 e. The summed E-state index contributed by atoms with van der Waals surface area (Å²) in [5.74, 6) is 1.79. The predicted octanol–water partition coefficient (Wildman–Crippen LogP) is 3.32. The molecule has 0 bridgehead atoms. The summed E-state index contributed by atoms with van der Waals surface area (Å²) in [5, 5.41) is 20.2. The predicted molar refractivity (Wildman–Crippen MR) is 81.6 cm³/mol. The minimum Gasteiger partial charge on any atom is -0.508 e. The lowest BCUT2D eigenvalue weighted by molar-refractivity contribution is 0.406. The molecule has 21 heavy (non-hydrogen) atoms. The van der Waals surface area contributed by atoms with Crippen LogP contribution in [0.25, 0.3) is 0 Å². The number of aromatic hydroxyl groups is 2. The van der Waals surface area contributed by atoms with Gasteiger partial charge in [0.25, 0.3) is 0 Å². The molecular formula is C17H20O4. The Hall–Kier alpha value is -2.36. The lowest BCUT2D eigenvalue weighted by Crippen LogP contribution is -1.96. The summed E-state index contributed by atoms with van der Waals surface area (Å²) in [7, 11) is 3.19. The molecule has 0 aliphatic carbocycles. The highest BCUT2D eigenvalue weighted by molar-refractivity contribution is 5.51. The van der Waals surface area contributed by atoms with Gasteiger partial charge in [0.05, 0.1) is 14.2 Å². The quantitative estimate of drug-likeness (QED) is 0.906. The van der Waals surface area contributed by atoms with Crippen molar-refractivity contribution in [2.45, 2.75) is 20.3 Å². The summed E-state index contributed by atoms with van der Waals surface area (Å²) >= 11 is 0. The van der Waals surface area contributed by atoms with Crippen molar-refractivity contribution >= 4 is 0 Å². The van der Waals surface area contributed by atoms with Crippen molar-refractivity contribution in [3.05, 3.63) is 46.5 Å². The Bertz CT molecular complexity index is 605. The molecule has 0 unspecified atom stereocenters. The third-order valence-corrected chi connectivity index (χ3v) is 3.57. The number of ether oxygens (including phenoxy) is 2. The monoisotopic (exact) mass is 288 g/mol. The number of rotatable bonds is 4. The fraction of sp³-hybridized carbons (Fsp3) is 0.294. The molecule has 0 saturated carbocycles. The smallest absolute Gasteiger partial charge is 0.122 e. The van der Waals surface area contributed by atoms with Crippen molar-refractivity contribution < 1.29 is 19.7 Å². The zero-order valence-corrected chi connectivity index (χ0v) is 12.7. The van der Waals surface area contributed by atoms with Gasteiger partial charge in [-0.25, -0.2) is 0 Å². The summed E-state index contributed by atoms with van der Waals surface area (Å²) in [6.07, 6.45) is 0.394. The Morgan fingerprint density at radius 3 is 1.48 bits per heavy atom. The van der Waals surface area contributed by atoms with E-state index in [0.717, 1.165) is 11.1 Å². The zero-order chi connectivity index (χ0) is 15.6. The van der Waals surface area contributed by atoms with Crippen LogP contribution >= 0.6 is 0 Å². The van der Waals surface area contributed by atoms with E-state index >= 15 is 0 Å². The molecule has 112 valence electrons. The van der Waals surface area contributed by atoms with Crippen LogP contribution in [0.1, 0.15) is 22.3 Å². The first-order chi connectivity index (χ1) is 9.96. The maximum atomic E-state index is 10.1. The number of benzene rings is 2. The van der Waals surface area contributed by atoms with Crippen LogP contribution < -0.4 is 9.47 Å². The summed E-state index contributed by atoms with van der Waals surface area (Å²) in [6.45, 7) is 3.74. The second-order valence-corrected chi connectivity index (χ2v) is 5.08. The molecule has 2 rings (SSSR count). The van der Waals surface area contributed by atoms with E-state index in [1.165, 1.54) is 0 Å². The van der Waals surface area contributed by atoms with Gasteiger partial charge in [-0.1, -0.05) is 0 Å². The van der Waals surface area contributed by atoms with Gasteiger partial charge in [-0.2, -0.15) is 0 Å². The number of hydrogen-bond acceptors (Lipinski definition) is 4. The summed E-state index contributed by atoms with van der Waals surface area (Å²) in [6, 6.07) is 6.90. The normalized spacial score (nSPS) is 10.5. The molecule has 2 aromatic rings. The molecule has 0 radical (unpaired) electrons. The molecule has 2 aromatic carbocycles. The number of methoxy groups -OCH3 is 2. The van der Waals surface area contributed by atoms with Gasteiger partial charge in [0.1, 0.15) is 23.0 Å². The van der Waals surface area contributed by atoms with Crippen LogP contribution in [-0.2, 0) is 6.42 Å². The van der Waals surface area contributed by atoms with E-state index in [1.807, 2.05) is 13.8 Å². The van der Waals surface area contributed by atoms with E-state index in [4.69, 9.17) is 9.47 Å². The first-order valence-corrected chi connectivity index (χ1v) is 6.69. The van der Waals surface area contributed by atoms with Gasteiger partial charge in [0, 0.05) is 17.5 Å². The topological polar surface area (TPSA) is 58.9 Å². The van der Waals surface area contributed by atoms with Crippen molar-refractivity contribution in [2.24, 2.45) is 0 Å². The molecule has 0 spiro atoms. The Morgan fingerprint density at radius 2 is 1.14 bits per heavy atom. The Kier molecular flexibility index (Phi) is 4.26. The Labute approximate surface area is 124 Å². The molecule has 0 aliphatic rings. The van der Waals surface area contributed by atoms with E-state index in [0.29, 0.717) is 29.0 Å². The Morgan fingerprint density at radius 1 is 0.762 bits per heavy atom. The molecule has 4 heteroatoms. The highest BCUT2D eigenvalue weighted by Gasteiger charge is 2.12. The summed E-state index contributed by atoms with van der Waals surface area (Å²) in [4.78, 5) is 0. The van der Waals surface area contributed by atoms with Crippen LogP contribution in [-0.4, -0.2) is 24.4 Å². The molecule has 0 saturated heterocycles. The van der Waals surface area contributed by atoms with E-state index in [2.05, 4.69) is 0 Å². The van der Waals surface area contributed by atoms with Crippen molar-refractivity contribution in [1.29, 1.82) is 0 Å². The average Bonchev–Trinajstić information content (AvgIpc) is 2.44. The van der Waals surface area contributed by atoms with E-state index < -0.39 is 0 Å². The fourth-order valence-electron chi connectivity index (χ4n) is 2.36. The van der Waals surface area contributed by atoms with Crippen LogP contribution in [0.15, 0.2) is 24.3 Å². The molecule has 2 N–H and O–H groups in total. The summed E-state index contributed by atoms with van der Waals surface area (Å²) < 4.78 is 10.5. The van der Waals surface area contributed by atoms with Gasteiger partial charge in [0.2, 0.25) is 0 Å². The highest BCUT2D eigenvalue weighted by atomic mass is 16.5. The molecule has 4 nitrogen and oxygen atoms in total. The van der Waals surface area contributed by atoms with Crippen molar-refractivity contribution in [3.8, 4) is 23.0 Å². The molecule has 0 heterocycles. The third kappa shape index (κ3) is 3.05. The first-order valence-electron chi connectivity index (χ1n) is 6.69. The standard InChI is InChI=1S/C17H20O4/c1-10-5-14(18)12(8-16(10)20-3)7-13-9-17(21-4)11(2)6-15(13)19/h5-6,8-9,18-19H,7H2,1-4H3. The number of phenolic OH excluding ortho intramolecular Hbond substituents is 2. The second-order valence-electron chi connectivity index (χ2n) is 5.08. The maximum absolute atomic E-state index is 10.1. The Balaban J connectivity index is 2.42. The minimum atomic E-state index is 0.187. The molecule has 0 aromatic heterocycles. The minimum absolute atomic E-state index is 0.187. The van der Waals surface area contributed by atoms with Gasteiger partial charge in [-0.05, 0) is 49.2 Å². The lowest BCUT2D eigenvalue weighted by Gasteiger charge is -2.13. The van der Waals surface area contributed by atoms with Crippen molar-refractivity contribution in [3.63, 3.8) is 0 Å². The number of aryl methyl sites for hydroxylation is 2. The fourth-order valence-corrected chi connectivity index (χ4v) is 2.36. The van der Waals surface area contributed by atoms with E-state index in [1.54, 1.807) is 38.5 Å². The van der Waals surface area contributed by atoms with E-state index in [-0.39, 0.29) is 11.5 Å².